The van der Waals surface area contributed by atoms with Crippen molar-refractivity contribution in [1.29, 1.82) is 0 Å². The zero-order valence-corrected chi connectivity index (χ0v) is 17.5. The summed E-state index contributed by atoms with van der Waals surface area (Å²) in [5, 5.41) is 10.9. The monoisotopic (exact) mass is 370 g/mol. The number of benzene rings is 1. The van der Waals surface area contributed by atoms with E-state index in [-0.39, 0.29) is 23.2 Å². The van der Waals surface area contributed by atoms with Crippen LogP contribution >= 0.6 is 0 Å². The van der Waals surface area contributed by atoms with E-state index in [0.717, 1.165) is 29.7 Å². The SMILES string of the molecule is CCCCCC(C)=C(C)c1cc(O)c2c(c1)OC(C)(C)[C@H]1CCC(=O)C[C@@H]21. The molecule has 0 spiro atoms. The van der Waals surface area contributed by atoms with Crippen LogP contribution < -0.4 is 4.74 Å². The molecule has 0 unspecified atom stereocenters. The molecule has 2 aliphatic rings. The molecular formula is C24H34O3. The second-order valence-electron chi connectivity index (χ2n) is 8.97. The number of rotatable bonds is 5. The van der Waals surface area contributed by atoms with E-state index < -0.39 is 0 Å². The van der Waals surface area contributed by atoms with E-state index in [1.165, 1.54) is 30.4 Å². The third-order valence-corrected chi connectivity index (χ3v) is 6.65. The van der Waals surface area contributed by atoms with Crippen molar-refractivity contribution in [3.8, 4) is 11.5 Å². The van der Waals surface area contributed by atoms with Crippen LogP contribution in [0.1, 0.15) is 96.6 Å². The van der Waals surface area contributed by atoms with Crippen molar-refractivity contribution in [2.24, 2.45) is 5.92 Å². The van der Waals surface area contributed by atoms with E-state index in [4.69, 9.17) is 4.74 Å². The Morgan fingerprint density at radius 2 is 2.00 bits per heavy atom. The number of carbonyl (C=O) groups is 1. The molecule has 1 aromatic carbocycles. The van der Waals surface area contributed by atoms with Crippen LogP contribution in [0.4, 0.5) is 0 Å². The van der Waals surface area contributed by atoms with Crippen molar-refractivity contribution < 1.29 is 14.6 Å². The van der Waals surface area contributed by atoms with Crippen molar-refractivity contribution in [3.05, 3.63) is 28.8 Å². The van der Waals surface area contributed by atoms with Crippen LogP contribution in [0, 0.1) is 5.92 Å². The van der Waals surface area contributed by atoms with Crippen LogP contribution in [0.2, 0.25) is 0 Å². The maximum atomic E-state index is 12.1. The fourth-order valence-electron chi connectivity index (χ4n) is 4.86. The Morgan fingerprint density at radius 1 is 1.26 bits per heavy atom. The van der Waals surface area contributed by atoms with Crippen molar-refractivity contribution in [3.63, 3.8) is 0 Å². The van der Waals surface area contributed by atoms with Gasteiger partial charge < -0.3 is 9.84 Å². The summed E-state index contributed by atoms with van der Waals surface area (Å²) in [5.74, 6) is 1.67. The van der Waals surface area contributed by atoms with E-state index in [2.05, 4.69) is 40.7 Å². The molecule has 148 valence electrons. The fraction of sp³-hybridized carbons (Fsp3) is 0.625. The zero-order chi connectivity index (χ0) is 19.8. The molecule has 1 saturated carbocycles. The number of hydrogen-bond acceptors (Lipinski definition) is 3. The highest BCUT2D eigenvalue weighted by molar-refractivity contribution is 5.81. The van der Waals surface area contributed by atoms with Gasteiger partial charge in [0.25, 0.3) is 0 Å². The van der Waals surface area contributed by atoms with Gasteiger partial charge in [0.1, 0.15) is 22.9 Å². The first-order valence-corrected chi connectivity index (χ1v) is 10.5. The highest BCUT2D eigenvalue weighted by atomic mass is 16.5. The molecule has 0 bridgehead atoms. The number of allylic oxidation sites excluding steroid dienone is 2. The molecule has 1 fully saturated rings. The van der Waals surface area contributed by atoms with E-state index >= 15 is 0 Å². The van der Waals surface area contributed by atoms with Gasteiger partial charge in [0.2, 0.25) is 0 Å². The summed E-state index contributed by atoms with van der Waals surface area (Å²) in [4.78, 5) is 12.1. The highest BCUT2D eigenvalue weighted by Crippen LogP contribution is 2.54. The number of aromatic hydroxyl groups is 1. The Morgan fingerprint density at radius 3 is 2.70 bits per heavy atom. The summed E-state index contributed by atoms with van der Waals surface area (Å²) >= 11 is 0. The minimum Gasteiger partial charge on any atom is -0.507 e. The lowest BCUT2D eigenvalue weighted by atomic mass is 9.66. The molecule has 1 aromatic rings. The number of hydrogen-bond donors (Lipinski definition) is 1. The van der Waals surface area contributed by atoms with E-state index in [0.29, 0.717) is 18.6 Å². The van der Waals surface area contributed by atoms with Gasteiger partial charge in [-0.05, 0) is 70.2 Å². The Kier molecular flexibility index (Phi) is 5.69. The fourth-order valence-corrected chi connectivity index (χ4v) is 4.86. The predicted molar refractivity (Wildman–Crippen MR) is 110 cm³/mol. The standard InChI is InChI=1S/C24H34O3/c1-6-7-8-9-15(2)16(3)17-12-21(26)23-19-14-18(25)10-11-20(19)24(4,5)27-22(23)13-17/h12-13,19-20,26H,6-11,14H2,1-5H3/t19-,20+/m1/s1. The number of phenols is 1. The molecule has 0 amide bonds. The second kappa shape index (κ2) is 7.69. The van der Waals surface area contributed by atoms with E-state index in [1.54, 1.807) is 0 Å². The van der Waals surface area contributed by atoms with Crippen LogP contribution in [0.5, 0.6) is 11.5 Å². The first-order valence-electron chi connectivity index (χ1n) is 10.5. The summed E-state index contributed by atoms with van der Waals surface area (Å²) in [6.45, 7) is 10.8. The molecule has 1 heterocycles. The van der Waals surface area contributed by atoms with Gasteiger partial charge >= 0.3 is 0 Å². The molecule has 1 aliphatic heterocycles. The minimum atomic E-state index is -0.322. The number of Topliss-reactive ketones (excluding diaryl/α,β-unsaturated/α-hetero) is 1. The first-order chi connectivity index (χ1) is 12.7. The van der Waals surface area contributed by atoms with Crippen molar-refractivity contribution in [2.75, 3.05) is 0 Å². The average Bonchev–Trinajstić information content (AvgIpc) is 2.59. The van der Waals surface area contributed by atoms with E-state index in [1.807, 2.05) is 6.07 Å². The summed E-state index contributed by atoms with van der Waals surface area (Å²) in [7, 11) is 0. The van der Waals surface area contributed by atoms with Crippen molar-refractivity contribution in [2.45, 2.75) is 91.1 Å². The summed E-state index contributed by atoms with van der Waals surface area (Å²) in [5.41, 5.74) is 4.12. The number of unbranched alkanes of at least 4 members (excludes halogenated alkanes) is 2. The van der Waals surface area contributed by atoms with Crippen LogP contribution in [0.15, 0.2) is 17.7 Å². The molecule has 0 aromatic heterocycles. The maximum absolute atomic E-state index is 12.1. The molecule has 27 heavy (non-hydrogen) atoms. The lowest BCUT2D eigenvalue weighted by Gasteiger charge is -2.47. The summed E-state index contributed by atoms with van der Waals surface area (Å²) in [6, 6.07) is 3.94. The Balaban J connectivity index is 1.98. The summed E-state index contributed by atoms with van der Waals surface area (Å²) < 4.78 is 6.38. The molecule has 3 heteroatoms. The van der Waals surface area contributed by atoms with Gasteiger partial charge in [-0.15, -0.1) is 0 Å². The Bertz CT molecular complexity index is 757. The van der Waals surface area contributed by atoms with Crippen LogP contribution in [0.3, 0.4) is 0 Å². The number of ketones is 1. The van der Waals surface area contributed by atoms with Crippen molar-refractivity contribution >= 4 is 11.4 Å². The average molecular weight is 371 g/mol. The molecule has 0 saturated heterocycles. The molecule has 1 aliphatic carbocycles. The topological polar surface area (TPSA) is 46.5 Å². The van der Waals surface area contributed by atoms with Gasteiger partial charge in [-0.2, -0.15) is 0 Å². The Labute approximate surface area is 163 Å². The van der Waals surface area contributed by atoms with Crippen LogP contribution in [-0.2, 0) is 4.79 Å². The van der Waals surface area contributed by atoms with Gasteiger partial charge in [0.05, 0.1) is 0 Å². The third-order valence-electron chi connectivity index (χ3n) is 6.65. The molecule has 0 radical (unpaired) electrons. The minimum absolute atomic E-state index is 0.0639. The van der Waals surface area contributed by atoms with E-state index in [9.17, 15) is 9.90 Å². The van der Waals surface area contributed by atoms with Gasteiger partial charge in [0.15, 0.2) is 0 Å². The van der Waals surface area contributed by atoms with Gasteiger partial charge in [-0.3, -0.25) is 4.79 Å². The van der Waals surface area contributed by atoms with Crippen LogP contribution in [0.25, 0.3) is 5.57 Å². The predicted octanol–water partition coefficient (Wildman–Crippen LogP) is 6.39. The maximum Gasteiger partial charge on any atom is 0.133 e. The number of phenolic OH excluding ortho intramolecular Hbond substituents is 1. The molecular weight excluding hydrogens is 336 g/mol. The number of fused-ring (bicyclic) bond motifs is 3. The third kappa shape index (κ3) is 3.93. The zero-order valence-electron chi connectivity index (χ0n) is 17.5. The Hall–Kier alpha value is -1.77. The molecule has 1 N–H and O–H groups in total. The van der Waals surface area contributed by atoms with Gasteiger partial charge in [-0.1, -0.05) is 25.3 Å². The first kappa shape index (κ1) is 20.0. The number of ether oxygens (including phenoxy) is 1. The molecule has 2 atom stereocenters. The molecule has 3 nitrogen and oxygen atoms in total. The largest absolute Gasteiger partial charge is 0.507 e. The second-order valence-corrected chi connectivity index (χ2v) is 8.97. The lowest BCUT2D eigenvalue weighted by molar-refractivity contribution is -0.124. The number of carbonyl (C=O) groups excluding carboxylic acids is 1. The quantitative estimate of drug-likeness (QED) is 0.611. The van der Waals surface area contributed by atoms with Gasteiger partial charge in [-0.25, -0.2) is 0 Å². The van der Waals surface area contributed by atoms with Gasteiger partial charge in [0, 0.05) is 30.2 Å². The molecule has 3 rings (SSSR count). The van der Waals surface area contributed by atoms with Crippen LogP contribution in [-0.4, -0.2) is 16.5 Å². The highest BCUT2D eigenvalue weighted by Gasteiger charge is 2.47. The summed E-state index contributed by atoms with van der Waals surface area (Å²) in [6.07, 6.45) is 6.73. The lowest BCUT2D eigenvalue weighted by Crippen LogP contribution is -2.47. The normalized spacial score (nSPS) is 24.6. The smallest absolute Gasteiger partial charge is 0.133 e. The van der Waals surface area contributed by atoms with Crippen molar-refractivity contribution in [1.82, 2.24) is 0 Å².